The van der Waals surface area contributed by atoms with Gasteiger partial charge in [-0.15, -0.1) is 0 Å². The molecule has 0 saturated carbocycles. The highest BCUT2D eigenvalue weighted by Crippen LogP contribution is 2.31. The number of urea groups is 1. The molecule has 1 aromatic heterocycles. The molecule has 1 aliphatic heterocycles. The molecule has 130 valence electrons. The van der Waals surface area contributed by atoms with Gasteiger partial charge in [0, 0.05) is 11.8 Å². The predicted molar refractivity (Wildman–Crippen MR) is 96.8 cm³/mol. The van der Waals surface area contributed by atoms with E-state index in [1.165, 1.54) is 11.1 Å². The summed E-state index contributed by atoms with van der Waals surface area (Å²) in [6.07, 6.45) is 6.85. The van der Waals surface area contributed by atoms with Crippen LogP contribution in [-0.2, 0) is 19.4 Å². The zero-order valence-electron chi connectivity index (χ0n) is 14.7. The Morgan fingerprint density at radius 2 is 2.04 bits per heavy atom. The summed E-state index contributed by atoms with van der Waals surface area (Å²) in [6, 6.07) is 7.81. The fourth-order valence-electron chi connectivity index (χ4n) is 3.73. The van der Waals surface area contributed by atoms with Gasteiger partial charge in [0.2, 0.25) is 0 Å². The quantitative estimate of drug-likeness (QED) is 0.862. The lowest BCUT2D eigenvalue weighted by atomic mass is 10.1. The lowest BCUT2D eigenvalue weighted by molar-refractivity contribution is 0.0835. The number of hydrogen-bond donors (Lipinski definition) is 1. The summed E-state index contributed by atoms with van der Waals surface area (Å²) in [7, 11) is 0. The van der Waals surface area contributed by atoms with Crippen LogP contribution in [-0.4, -0.2) is 28.1 Å². The number of carbonyl (C=O) groups is 1. The maximum atomic E-state index is 12.9. The predicted octanol–water partition coefficient (Wildman–Crippen LogP) is 3.78. The van der Waals surface area contributed by atoms with Crippen LogP contribution in [0.1, 0.15) is 37.0 Å². The molecule has 2 aromatic rings. The van der Waals surface area contributed by atoms with Crippen molar-refractivity contribution in [3.8, 4) is 5.75 Å². The number of para-hydroxylation sites is 1. The Hall–Kier alpha value is -2.56. The topological polar surface area (TPSA) is 54.5 Å². The van der Waals surface area contributed by atoms with Crippen molar-refractivity contribution in [2.75, 3.05) is 11.9 Å². The van der Waals surface area contributed by atoms with Gasteiger partial charge in [0.05, 0.1) is 25.0 Å². The second-order valence-electron chi connectivity index (χ2n) is 7.43. The molecule has 25 heavy (non-hydrogen) atoms. The van der Waals surface area contributed by atoms with E-state index >= 15 is 0 Å². The van der Waals surface area contributed by atoms with Crippen molar-refractivity contribution in [2.24, 2.45) is 0 Å². The molecule has 5 nitrogen and oxygen atoms in total. The van der Waals surface area contributed by atoms with E-state index in [4.69, 9.17) is 4.74 Å². The number of rotatable bonds is 1. The Bertz CT molecular complexity index is 816. The Morgan fingerprint density at radius 1 is 1.20 bits per heavy atom. The summed E-state index contributed by atoms with van der Waals surface area (Å²) >= 11 is 0. The first kappa shape index (κ1) is 15.9. The van der Waals surface area contributed by atoms with E-state index < -0.39 is 5.60 Å². The first-order chi connectivity index (χ1) is 12.0. The van der Waals surface area contributed by atoms with E-state index in [2.05, 4.69) is 10.3 Å². The normalized spacial score (nSPS) is 17.9. The monoisotopic (exact) mass is 337 g/mol. The van der Waals surface area contributed by atoms with Gasteiger partial charge in [0.15, 0.2) is 0 Å². The standard InChI is InChI=1S/C20H23N3O2/c1-20(2)13-23(12-15-6-3-4-9-18(15)25-20)19(24)22-17-11-21-10-14-7-5-8-16(14)17/h3-4,6,9-11H,5,7-8,12-13H2,1-2H3,(H,22,24). The molecular weight excluding hydrogens is 314 g/mol. The first-order valence-corrected chi connectivity index (χ1v) is 8.80. The van der Waals surface area contributed by atoms with Gasteiger partial charge in [-0.1, -0.05) is 18.2 Å². The molecule has 4 rings (SSSR count). The number of ether oxygens (including phenoxy) is 1. The lowest BCUT2D eigenvalue weighted by Gasteiger charge is -2.29. The third-order valence-electron chi connectivity index (χ3n) is 4.84. The van der Waals surface area contributed by atoms with Gasteiger partial charge in [-0.3, -0.25) is 4.98 Å². The molecule has 2 amide bonds. The molecule has 0 spiro atoms. The summed E-state index contributed by atoms with van der Waals surface area (Å²) in [5, 5.41) is 3.08. The van der Waals surface area contributed by atoms with Crippen LogP contribution in [0.25, 0.3) is 0 Å². The number of nitrogens with zero attached hydrogens (tertiary/aromatic N) is 2. The van der Waals surface area contributed by atoms with E-state index in [0.717, 1.165) is 36.3 Å². The molecule has 2 heterocycles. The van der Waals surface area contributed by atoms with Gasteiger partial charge in [0.1, 0.15) is 11.4 Å². The fraction of sp³-hybridized carbons (Fsp3) is 0.400. The van der Waals surface area contributed by atoms with Crippen molar-refractivity contribution in [2.45, 2.75) is 45.3 Å². The zero-order chi connectivity index (χ0) is 17.4. The average molecular weight is 337 g/mol. The van der Waals surface area contributed by atoms with E-state index in [1.807, 2.05) is 49.2 Å². The molecule has 1 N–H and O–H groups in total. The number of hydrogen-bond acceptors (Lipinski definition) is 3. The Balaban J connectivity index is 1.59. The second-order valence-corrected chi connectivity index (χ2v) is 7.43. The minimum atomic E-state index is -0.444. The van der Waals surface area contributed by atoms with Gasteiger partial charge in [-0.2, -0.15) is 0 Å². The second kappa shape index (κ2) is 6.06. The molecule has 0 fully saturated rings. The van der Waals surface area contributed by atoms with Crippen LogP contribution in [0.3, 0.4) is 0 Å². The maximum Gasteiger partial charge on any atom is 0.322 e. The number of nitrogens with one attached hydrogen (secondary N) is 1. The molecule has 2 aliphatic rings. The molecule has 1 aromatic carbocycles. The molecule has 5 heteroatoms. The van der Waals surface area contributed by atoms with Crippen molar-refractivity contribution < 1.29 is 9.53 Å². The lowest BCUT2D eigenvalue weighted by Crippen LogP contribution is -2.44. The van der Waals surface area contributed by atoms with E-state index in [1.54, 1.807) is 6.20 Å². The highest BCUT2D eigenvalue weighted by atomic mass is 16.5. The van der Waals surface area contributed by atoms with Crippen LogP contribution in [0.2, 0.25) is 0 Å². The number of carbonyl (C=O) groups excluding carboxylic acids is 1. The highest BCUT2D eigenvalue weighted by Gasteiger charge is 2.31. The minimum absolute atomic E-state index is 0.101. The molecular formula is C20H23N3O2. The highest BCUT2D eigenvalue weighted by molar-refractivity contribution is 5.90. The maximum absolute atomic E-state index is 12.9. The van der Waals surface area contributed by atoms with E-state index in [0.29, 0.717) is 13.1 Å². The number of pyridine rings is 1. The molecule has 0 radical (unpaired) electrons. The Labute approximate surface area is 148 Å². The van der Waals surface area contributed by atoms with Gasteiger partial charge in [0.25, 0.3) is 0 Å². The number of anilines is 1. The minimum Gasteiger partial charge on any atom is -0.486 e. The smallest absolute Gasteiger partial charge is 0.322 e. The summed E-state index contributed by atoms with van der Waals surface area (Å²) in [5.41, 5.74) is 3.91. The molecule has 0 bridgehead atoms. The van der Waals surface area contributed by atoms with Crippen molar-refractivity contribution in [1.82, 2.24) is 9.88 Å². The van der Waals surface area contributed by atoms with E-state index in [-0.39, 0.29) is 6.03 Å². The van der Waals surface area contributed by atoms with Crippen LogP contribution >= 0.6 is 0 Å². The van der Waals surface area contributed by atoms with Gasteiger partial charge in [-0.25, -0.2) is 4.79 Å². The van der Waals surface area contributed by atoms with Crippen LogP contribution in [0.4, 0.5) is 10.5 Å². The Kier molecular flexibility index (Phi) is 3.86. The van der Waals surface area contributed by atoms with Gasteiger partial charge in [-0.05, 0) is 50.3 Å². The van der Waals surface area contributed by atoms with Crippen LogP contribution < -0.4 is 10.1 Å². The summed E-state index contributed by atoms with van der Waals surface area (Å²) < 4.78 is 6.11. The van der Waals surface area contributed by atoms with Crippen LogP contribution in [0, 0.1) is 0 Å². The van der Waals surface area contributed by atoms with Crippen molar-refractivity contribution in [3.05, 3.63) is 53.3 Å². The number of benzene rings is 1. The summed E-state index contributed by atoms with van der Waals surface area (Å²) in [6.45, 7) is 5.08. The van der Waals surface area contributed by atoms with Crippen LogP contribution in [0.5, 0.6) is 5.75 Å². The zero-order valence-corrected chi connectivity index (χ0v) is 14.7. The van der Waals surface area contributed by atoms with Gasteiger partial charge >= 0.3 is 6.03 Å². The molecule has 0 saturated heterocycles. The number of amides is 2. The van der Waals surface area contributed by atoms with Crippen LogP contribution in [0.15, 0.2) is 36.7 Å². The Morgan fingerprint density at radius 3 is 2.92 bits per heavy atom. The summed E-state index contributed by atoms with van der Waals surface area (Å²) in [4.78, 5) is 19.0. The molecule has 0 atom stereocenters. The van der Waals surface area contributed by atoms with Crippen molar-refractivity contribution in [1.29, 1.82) is 0 Å². The fourth-order valence-corrected chi connectivity index (χ4v) is 3.73. The summed E-state index contributed by atoms with van der Waals surface area (Å²) in [5.74, 6) is 0.852. The average Bonchev–Trinajstić information content (AvgIpc) is 2.99. The van der Waals surface area contributed by atoms with E-state index in [9.17, 15) is 4.79 Å². The molecule has 1 aliphatic carbocycles. The third-order valence-corrected chi connectivity index (χ3v) is 4.84. The molecule has 0 unspecified atom stereocenters. The van der Waals surface area contributed by atoms with Crippen molar-refractivity contribution in [3.63, 3.8) is 0 Å². The SMILES string of the molecule is CC1(C)CN(C(=O)Nc2cncc3c2CCC3)Cc2ccccc2O1. The van der Waals surface area contributed by atoms with Crippen molar-refractivity contribution >= 4 is 11.7 Å². The number of fused-ring (bicyclic) bond motifs is 2. The first-order valence-electron chi connectivity index (χ1n) is 8.80. The number of aromatic nitrogens is 1. The number of aryl methyl sites for hydroxylation is 1. The van der Waals surface area contributed by atoms with Gasteiger partial charge < -0.3 is 15.0 Å². The third kappa shape index (κ3) is 3.18. The largest absolute Gasteiger partial charge is 0.486 e.